The van der Waals surface area contributed by atoms with Crippen LogP contribution in [0, 0.1) is 17.8 Å². The number of imide groups is 1. The van der Waals surface area contributed by atoms with Crippen molar-refractivity contribution in [3.8, 4) is 0 Å². The maximum Gasteiger partial charge on any atom is 0.253 e. The summed E-state index contributed by atoms with van der Waals surface area (Å²) in [6.45, 7) is 6.32. The van der Waals surface area contributed by atoms with Crippen LogP contribution < -0.4 is 58.5 Å². The zero-order chi connectivity index (χ0) is 68.0. The number of nitrogens with zero attached hydrogens (tertiary/aromatic N) is 2. The summed E-state index contributed by atoms with van der Waals surface area (Å²) in [7, 11) is 0. The number of carbonyl (C=O) groups is 14. The molecule has 5 heterocycles. The highest BCUT2D eigenvalue weighted by molar-refractivity contribution is 7.99. The zero-order valence-electron chi connectivity index (χ0n) is 52.1. The van der Waals surface area contributed by atoms with E-state index >= 15 is 4.79 Å². The Morgan fingerprint density at radius 2 is 1.39 bits per heavy atom. The van der Waals surface area contributed by atoms with Gasteiger partial charge in [-0.3, -0.25) is 72.0 Å². The number of rotatable bonds is 18. The molecule has 1 aromatic heterocycles. The van der Waals surface area contributed by atoms with Gasteiger partial charge in [-0.15, -0.1) is 11.8 Å². The number of hydrogen-bond donors (Lipinski definition) is 15. The third-order valence-corrected chi connectivity index (χ3v) is 17.6. The molecule has 31 nitrogen and oxygen atoms in total. The number of hydrogen-bond acceptors (Lipinski definition) is 18. The van der Waals surface area contributed by atoms with Crippen LogP contribution in [0.5, 0.6) is 0 Å². The lowest BCUT2D eigenvalue weighted by molar-refractivity contribution is -0.144. The molecule has 2 unspecified atom stereocenters. The predicted molar refractivity (Wildman–Crippen MR) is 333 cm³/mol. The van der Waals surface area contributed by atoms with Crippen LogP contribution in [0.4, 0.5) is 5.69 Å². The van der Waals surface area contributed by atoms with Crippen molar-refractivity contribution in [1.82, 2.24) is 68.0 Å². The molecule has 2 bridgehead atoms. The van der Waals surface area contributed by atoms with Gasteiger partial charge < -0.3 is 83.7 Å². The van der Waals surface area contributed by atoms with Gasteiger partial charge in [0.15, 0.2) is 0 Å². The molecule has 4 aliphatic rings. The smallest absolute Gasteiger partial charge is 0.253 e. The fraction of sp³-hybridized carbons (Fsp3) is 0.508. The minimum Gasteiger partial charge on any atom is -0.394 e. The minimum absolute atomic E-state index is 0.190. The number of H-pyrrole nitrogens is 1. The molecule has 0 radical (unpaired) electrons. The van der Waals surface area contributed by atoms with E-state index in [1.54, 1.807) is 64.1 Å². The molecule has 0 saturated carbocycles. The van der Waals surface area contributed by atoms with E-state index < -0.39 is 200 Å². The minimum atomic E-state index is -1.84. The average Bonchev–Trinajstić information content (AvgIpc) is 1.70. The quantitative estimate of drug-likeness (QED) is 0.0541. The Hall–Kier alpha value is -9.27. The van der Waals surface area contributed by atoms with Crippen molar-refractivity contribution in [3.05, 3.63) is 71.8 Å². The number of anilines is 1. The second kappa shape index (κ2) is 32.3. The molecule has 502 valence electrons. The Bertz CT molecular complexity index is 3380. The Morgan fingerprint density at radius 3 is 2.05 bits per heavy atom. The van der Waals surface area contributed by atoms with Crippen LogP contribution in [0.1, 0.15) is 78.4 Å². The summed E-state index contributed by atoms with van der Waals surface area (Å²) in [4.78, 5) is 197. The molecule has 12 atom stereocenters. The average molecular weight is 1310 g/mol. The number of nitrogens with one attached hydrogen (secondary N) is 12. The predicted octanol–water partition coefficient (Wildman–Crippen LogP) is -3.91. The van der Waals surface area contributed by atoms with Crippen LogP contribution in [0.3, 0.4) is 0 Å². The number of fused-ring (bicyclic) bond motifs is 5. The normalized spacial score (nSPS) is 23.7. The van der Waals surface area contributed by atoms with E-state index in [0.717, 1.165) is 33.7 Å². The number of thioether (sulfide) groups is 1. The molecular weight excluding hydrogens is 1230 g/mol. The van der Waals surface area contributed by atoms with Crippen molar-refractivity contribution in [1.29, 1.82) is 0 Å². The number of aliphatic hydroxyl groups is 3. The lowest BCUT2D eigenvalue weighted by Gasteiger charge is -2.33. The first-order chi connectivity index (χ1) is 44.2. The molecule has 3 aromatic rings. The summed E-state index contributed by atoms with van der Waals surface area (Å²) in [6.07, 6.45) is -2.30. The number of para-hydroxylation sites is 1. The molecular formula is C61H80N14O17S. The SMILES string of the molecule is CC[C@H](C)[C@@H]1NC(=O)CNC(=O)[C@H]2Cc3c([nH]c4ccccc34)SCC(NC(=O)CNC1=O)C(=O)N[C@@H](CC(=O)NCc1ccc(NC(=O)[C@H](C)NC(=O)C(NC(=O)CCN3C(=O)C=CC3=O)C(C)C)cc1)C(=O)N1C[C@H](O)C[C@H]1C(=O)N[C@@H]([C@@H](C)[C@@H](O)CO)C(=O)N2. The number of aromatic nitrogens is 1. The van der Waals surface area contributed by atoms with Gasteiger partial charge in [0.1, 0.15) is 48.3 Å². The summed E-state index contributed by atoms with van der Waals surface area (Å²) in [5, 5.41) is 61.5. The molecule has 0 aliphatic carbocycles. The van der Waals surface area contributed by atoms with Crippen molar-refractivity contribution in [2.45, 2.75) is 146 Å². The van der Waals surface area contributed by atoms with E-state index in [0.29, 0.717) is 33.5 Å². The van der Waals surface area contributed by atoms with Crippen LogP contribution in [-0.2, 0) is 80.1 Å². The topological polar surface area (TPSA) is 454 Å². The number of amides is 14. The molecule has 4 aliphatic heterocycles. The number of benzene rings is 2. The van der Waals surface area contributed by atoms with Gasteiger partial charge in [-0.2, -0.15) is 0 Å². The van der Waals surface area contributed by atoms with Crippen molar-refractivity contribution < 1.29 is 82.4 Å². The Labute approximate surface area is 538 Å². The van der Waals surface area contributed by atoms with Gasteiger partial charge in [0, 0.05) is 79.3 Å². The first-order valence-electron chi connectivity index (χ1n) is 30.5. The molecule has 7 rings (SSSR count). The maximum absolute atomic E-state index is 15.0. The lowest BCUT2D eigenvalue weighted by Crippen LogP contribution is -2.62. The molecule has 1 saturated heterocycles. The van der Waals surface area contributed by atoms with Gasteiger partial charge in [-0.1, -0.05) is 71.4 Å². The standard InChI is InChI=1S/C61H80N14O17S/c1-7-30(4)51-57(89)64-24-46(81)67-41-28-93-60-37(36-10-8-9-11-38(36)70-60)21-39(54(86)63-25-47(82)72-51)68-59(91)52(31(5)43(78)27-76)73-56(88)42-20-35(77)26-75(42)61(92)40(69-55(41)87)22-45(80)62-23-33-12-14-34(15-13-33)66-53(85)32(6)65-58(90)50(29(2)3)71-44(79)18-19-74-48(83)16-17-49(74)84/h8-17,29-32,35,39-43,50-52,70,76-78H,7,18-28H2,1-6H3,(H,62,80)(H,63,86)(H,64,89)(H,65,90)(H,66,85)(H,67,81)(H,68,91)(H,69,87)(H,71,79)(H,72,82)(H,73,88)/t30-,31-,32-,35+,39+,40-,41?,42-,43-,50?,51-,52-/m0/s1. The van der Waals surface area contributed by atoms with Gasteiger partial charge in [-0.05, 0) is 48.1 Å². The second-order valence-corrected chi connectivity index (χ2v) is 24.7. The second-order valence-electron chi connectivity index (χ2n) is 23.7. The highest BCUT2D eigenvalue weighted by Gasteiger charge is 2.45. The molecule has 1 fully saturated rings. The van der Waals surface area contributed by atoms with E-state index in [-0.39, 0.29) is 37.4 Å². The molecule has 93 heavy (non-hydrogen) atoms. The van der Waals surface area contributed by atoms with E-state index in [4.69, 9.17) is 0 Å². The summed E-state index contributed by atoms with van der Waals surface area (Å²) in [5.74, 6) is -14.0. The van der Waals surface area contributed by atoms with Gasteiger partial charge in [0.2, 0.25) is 70.9 Å². The van der Waals surface area contributed by atoms with Crippen LogP contribution in [0.25, 0.3) is 10.9 Å². The fourth-order valence-electron chi connectivity index (χ4n) is 10.7. The number of aromatic amines is 1. The third-order valence-electron chi connectivity index (χ3n) is 16.5. The summed E-state index contributed by atoms with van der Waals surface area (Å²) in [5.41, 5.74) is 1.68. The lowest BCUT2D eigenvalue weighted by atomic mass is 9.93. The monoisotopic (exact) mass is 1310 g/mol. The van der Waals surface area contributed by atoms with Gasteiger partial charge >= 0.3 is 0 Å². The molecule has 15 N–H and O–H groups in total. The maximum atomic E-state index is 15.0. The fourth-order valence-corrected chi connectivity index (χ4v) is 11.9. The van der Waals surface area contributed by atoms with E-state index in [1.165, 1.54) is 26.0 Å². The third kappa shape index (κ3) is 18.7. The van der Waals surface area contributed by atoms with E-state index in [1.807, 2.05) is 0 Å². The molecule has 2 aromatic carbocycles. The molecule has 32 heteroatoms. The Kier molecular flexibility index (Phi) is 24.7. The largest absolute Gasteiger partial charge is 0.394 e. The number of aliphatic hydroxyl groups excluding tert-OH is 3. The first kappa shape index (κ1) is 71.2. The van der Waals surface area contributed by atoms with Gasteiger partial charge in [0.25, 0.3) is 11.8 Å². The van der Waals surface area contributed by atoms with Crippen molar-refractivity contribution >= 4 is 111 Å². The molecule has 0 spiro atoms. The number of carbonyl (C=O) groups excluding carboxylic acids is 14. The van der Waals surface area contributed by atoms with Gasteiger partial charge in [0.05, 0.1) is 43.4 Å². The first-order valence-corrected chi connectivity index (χ1v) is 31.5. The highest BCUT2D eigenvalue weighted by Crippen LogP contribution is 2.32. The highest BCUT2D eigenvalue weighted by atomic mass is 32.2. The summed E-state index contributed by atoms with van der Waals surface area (Å²) >= 11 is 0.989. The van der Waals surface area contributed by atoms with Crippen molar-refractivity contribution in [2.75, 3.05) is 43.9 Å². The Balaban J connectivity index is 1.14. The van der Waals surface area contributed by atoms with Gasteiger partial charge in [-0.25, -0.2) is 0 Å². The van der Waals surface area contributed by atoms with E-state index in [9.17, 15) is 77.6 Å². The summed E-state index contributed by atoms with van der Waals surface area (Å²) < 4.78 is 0. The van der Waals surface area contributed by atoms with Crippen LogP contribution in [0.2, 0.25) is 0 Å². The zero-order valence-corrected chi connectivity index (χ0v) is 52.9. The van der Waals surface area contributed by atoms with Crippen LogP contribution in [-0.4, -0.2) is 212 Å². The van der Waals surface area contributed by atoms with E-state index in [2.05, 4.69) is 63.5 Å². The Morgan fingerprint density at radius 1 is 0.720 bits per heavy atom. The molecule has 14 amide bonds. The van der Waals surface area contributed by atoms with Crippen molar-refractivity contribution in [2.24, 2.45) is 17.8 Å². The summed E-state index contributed by atoms with van der Waals surface area (Å²) in [6, 6.07) is 1.18. The van der Waals surface area contributed by atoms with Crippen LogP contribution in [0.15, 0.2) is 65.7 Å². The van der Waals surface area contributed by atoms with Crippen molar-refractivity contribution in [3.63, 3.8) is 0 Å². The van der Waals surface area contributed by atoms with Crippen LogP contribution >= 0.6 is 11.8 Å².